The Bertz CT molecular complexity index is 809. The first-order valence-corrected chi connectivity index (χ1v) is 13.6. The van der Waals surface area contributed by atoms with E-state index in [0.717, 1.165) is 51.4 Å². The minimum atomic E-state index is -0.408. The van der Waals surface area contributed by atoms with E-state index in [1.54, 1.807) is 0 Å². The Hall–Kier alpha value is -0.640. The van der Waals surface area contributed by atoms with Crippen LogP contribution in [0.2, 0.25) is 0 Å². The van der Waals surface area contributed by atoms with E-state index in [1.807, 2.05) is 0 Å². The van der Waals surface area contributed by atoms with Gasteiger partial charge in [0.1, 0.15) is 0 Å². The number of aliphatic hydroxyl groups is 3. The topological polar surface area (TPSA) is 60.7 Å². The first-order chi connectivity index (χ1) is 15.2. The van der Waals surface area contributed by atoms with Crippen molar-refractivity contribution >= 4 is 0 Å². The Labute approximate surface area is 202 Å². The van der Waals surface area contributed by atoms with E-state index in [-0.39, 0.29) is 45.7 Å². The van der Waals surface area contributed by atoms with Gasteiger partial charge in [0.25, 0.3) is 0 Å². The first kappa shape index (κ1) is 25.5. The van der Waals surface area contributed by atoms with Gasteiger partial charge < -0.3 is 15.3 Å². The smallest absolute Gasteiger partial charge is 0.0595 e. The lowest BCUT2D eigenvalue weighted by molar-refractivity contribution is -0.270. The van der Waals surface area contributed by atoms with Crippen molar-refractivity contribution in [2.75, 3.05) is 0 Å². The number of hydrogen-bond donors (Lipinski definition) is 3. The highest BCUT2D eigenvalue weighted by Crippen LogP contribution is 2.75. The average molecular weight is 459 g/mol. The molecule has 0 aromatic carbocycles. The fourth-order valence-corrected chi connectivity index (χ4v) is 10.1. The van der Waals surface area contributed by atoms with E-state index in [4.69, 9.17) is 0 Å². The Morgan fingerprint density at radius 2 is 1.61 bits per heavy atom. The molecule has 0 spiro atoms. The van der Waals surface area contributed by atoms with Crippen molar-refractivity contribution in [3.05, 3.63) is 23.8 Å². The quantitative estimate of drug-likeness (QED) is 0.435. The zero-order valence-corrected chi connectivity index (χ0v) is 22.3. The summed E-state index contributed by atoms with van der Waals surface area (Å²) in [5.41, 5.74) is 2.26. The predicted octanol–water partition coefficient (Wildman–Crippen LogP) is 6.28. The van der Waals surface area contributed by atoms with Gasteiger partial charge in [-0.15, -0.1) is 0 Å². The standard InChI is InChI=1S/C30H50O3/c1-18(2)10-9-11-19(3)20-12-15-29(7)25(20)21(31)16-23-28(6)14-13-24(33)27(4,5)26(28)22(32)17-30(23,29)8/h10,20-26,31-33H,3,9,11-17H2,1-2,4-8H3/t20?,21-,22+,23-,24+,25+,26+,28-,29-,30-/m1/s1. The van der Waals surface area contributed by atoms with Crippen LogP contribution in [0.5, 0.6) is 0 Å². The number of hydrogen-bond acceptors (Lipinski definition) is 3. The van der Waals surface area contributed by atoms with Crippen LogP contribution in [0.3, 0.4) is 0 Å². The third kappa shape index (κ3) is 3.54. The van der Waals surface area contributed by atoms with E-state index >= 15 is 0 Å². The minimum absolute atomic E-state index is 0.00534. The lowest BCUT2D eigenvalue weighted by Gasteiger charge is -2.71. The Kier molecular flexibility index (Phi) is 6.33. The number of aliphatic hydroxyl groups excluding tert-OH is 3. The van der Waals surface area contributed by atoms with Crippen molar-refractivity contribution < 1.29 is 15.3 Å². The van der Waals surface area contributed by atoms with Gasteiger partial charge in [-0.05, 0) is 111 Å². The summed E-state index contributed by atoms with van der Waals surface area (Å²) in [5, 5.41) is 34.2. The molecule has 0 saturated heterocycles. The van der Waals surface area contributed by atoms with Crippen LogP contribution in [0, 0.1) is 45.3 Å². The maximum absolute atomic E-state index is 11.7. The first-order valence-electron chi connectivity index (χ1n) is 13.6. The lowest BCUT2D eigenvalue weighted by Crippen LogP contribution is -2.69. The minimum Gasteiger partial charge on any atom is -0.393 e. The van der Waals surface area contributed by atoms with E-state index in [2.05, 4.69) is 61.1 Å². The summed E-state index contributed by atoms with van der Waals surface area (Å²) in [4.78, 5) is 0. The lowest BCUT2D eigenvalue weighted by atomic mass is 9.34. The molecule has 3 heteroatoms. The van der Waals surface area contributed by atoms with Gasteiger partial charge in [0.2, 0.25) is 0 Å². The molecule has 4 saturated carbocycles. The summed E-state index contributed by atoms with van der Waals surface area (Å²) >= 11 is 0. The highest BCUT2D eigenvalue weighted by Gasteiger charge is 2.72. The second-order valence-electron chi connectivity index (χ2n) is 14.0. The summed E-state index contributed by atoms with van der Waals surface area (Å²) in [7, 11) is 0. The summed E-state index contributed by atoms with van der Waals surface area (Å²) in [6, 6.07) is 0. The van der Waals surface area contributed by atoms with E-state index < -0.39 is 6.10 Å². The molecule has 0 aromatic rings. The van der Waals surface area contributed by atoms with Crippen molar-refractivity contribution in [2.45, 2.75) is 118 Å². The number of fused-ring (bicyclic) bond motifs is 5. The van der Waals surface area contributed by atoms with Crippen LogP contribution < -0.4 is 0 Å². The summed E-state index contributed by atoms with van der Waals surface area (Å²) in [5.74, 6) is 1.03. The molecule has 0 amide bonds. The third-order valence-corrected chi connectivity index (χ3v) is 11.8. The van der Waals surface area contributed by atoms with Crippen LogP contribution in [0.1, 0.15) is 99.8 Å². The zero-order chi connectivity index (χ0) is 24.6. The van der Waals surface area contributed by atoms with E-state index in [0.29, 0.717) is 11.8 Å². The third-order valence-electron chi connectivity index (χ3n) is 11.8. The molecular formula is C30H50O3. The SMILES string of the molecule is C=C(CCC=C(C)C)C1CC[C@]2(C)[C@@H]1[C@H](O)C[C@@H]1[C@@]3(C)CC[C@H](O)C(C)(C)[C@@H]3[C@@H](O)C[C@]12C. The summed E-state index contributed by atoms with van der Waals surface area (Å²) < 4.78 is 0. The molecule has 1 unspecified atom stereocenters. The molecule has 0 aromatic heterocycles. The molecular weight excluding hydrogens is 408 g/mol. The molecule has 3 N–H and O–H groups in total. The van der Waals surface area contributed by atoms with Crippen LogP contribution in [0.4, 0.5) is 0 Å². The van der Waals surface area contributed by atoms with Crippen molar-refractivity contribution in [3.63, 3.8) is 0 Å². The zero-order valence-electron chi connectivity index (χ0n) is 22.3. The van der Waals surface area contributed by atoms with Gasteiger partial charge in [-0.1, -0.05) is 58.4 Å². The van der Waals surface area contributed by atoms with E-state index in [1.165, 1.54) is 11.1 Å². The summed E-state index contributed by atoms with van der Waals surface area (Å²) in [6.45, 7) is 20.4. The highest BCUT2D eigenvalue weighted by atomic mass is 16.3. The van der Waals surface area contributed by atoms with Crippen LogP contribution in [0.15, 0.2) is 23.8 Å². The molecule has 4 rings (SSSR count). The van der Waals surface area contributed by atoms with Gasteiger partial charge in [-0.25, -0.2) is 0 Å². The van der Waals surface area contributed by atoms with Gasteiger partial charge >= 0.3 is 0 Å². The largest absolute Gasteiger partial charge is 0.393 e. The molecule has 33 heavy (non-hydrogen) atoms. The highest BCUT2D eigenvalue weighted by molar-refractivity contribution is 5.23. The molecule has 4 fully saturated rings. The van der Waals surface area contributed by atoms with Gasteiger partial charge in [-0.2, -0.15) is 0 Å². The van der Waals surface area contributed by atoms with Gasteiger partial charge in [0, 0.05) is 0 Å². The van der Waals surface area contributed by atoms with Crippen molar-refractivity contribution in [1.29, 1.82) is 0 Å². The molecule has 0 radical (unpaired) electrons. The van der Waals surface area contributed by atoms with Crippen LogP contribution >= 0.6 is 0 Å². The molecule has 4 aliphatic carbocycles. The molecule has 3 nitrogen and oxygen atoms in total. The number of rotatable bonds is 4. The molecule has 10 atom stereocenters. The maximum atomic E-state index is 11.7. The number of allylic oxidation sites excluding steroid dienone is 3. The molecule has 0 bridgehead atoms. The van der Waals surface area contributed by atoms with Gasteiger partial charge in [-0.3, -0.25) is 0 Å². The van der Waals surface area contributed by atoms with Crippen molar-refractivity contribution in [2.24, 2.45) is 45.3 Å². The van der Waals surface area contributed by atoms with Crippen LogP contribution in [-0.4, -0.2) is 33.6 Å². The maximum Gasteiger partial charge on any atom is 0.0595 e. The van der Waals surface area contributed by atoms with Crippen LogP contribution in [-0.2, 0) is 0 Å². The second kappa shape index (κ2) is 8.20. The molecule has 0 heterocycles. The fourth-order valence-electron chi connectivity index (χ4n) is 10.1. The van der Waals surface area contributed by atoms with Crippen LogP contribution in [0.25, 0.3) is 0 Å². The Balaban J connectivity index is 1.68. The monoisotopic (exact) mass is 458 g/mol. The van der Waals surface area contributed by atoms with Gasteiger partial charge in [0.05, 0.1) is 18.3 Å². The van der Waals surface area contributed by atoms with Gasteiger partial charge in [0.15, 0.2) is 0 Å². The average Bonchev–Trinajstić information content (AvgIpc) is 3.07. The van der Waals surface area contributed by atoms with Crippen molar-refractivity contribution in [3.8, 4) is 0 Å². The normalized spacial score (nSPS) is 50.7. The molecule has 4 aliphatic rings. The molecule has 0 aliphatic heterocycles. The summed E-state index contributed by atoms with van der Waals surface area (Å²) in [6.07, 6.45) is 8.78. The second-order valence-corrected chi connectivity index (χ2v) is 14.0. The van der Waals surface area contributed by atoms with E-state index in [9.17, 15) is 15.3 Å². The van der Waals surface area contributed by atoms with Crippen molar-refractivity contribution in [1.82, 2.24) is 0 Å². The molecule has 188 valence electrons. The Morgan fingerprint density at radius 3 is 2.24 bits per heavy atom. The fraction of sp³-hybridized carbons (Fsp3) is 0.867. The Morgan fingerprint density at radius 1 is 0.939 bits per heavy atom. The predicted molar refractivity (Wildman–Crippen MR) is 136 cm³/mol.